The minimum absolute atomic E-state index is 0.113. The fraction of sp³-hybridized carbons (Fsp3) is 1.00. The maximum Gasteiger partial charge on any atom is 0.0618 e. The van der Waals surface area contributed by atoms with Gasteiger partial charge in [-0.15, -0.1) is 0 Å². The summed E-state index contributed by atoms with van der Waals surface area (Å²) in [4.78, 5) is 0. The molecule has 0 saturated heterocycles. The van der Waals surface area contributed by atoms with Crippen molar-refractivity contribution in [3.05, 3.63) is 0 Å². The molecule has 0 heterocycles. The van der Waals surface area contributed by atoms with Crippen LogP contribution in [0.3, 0.4) is 0 Å². The lowest BCUT2D eigenvalue weighted by Crippen LogP contribution is -2.38. The average molecular weight is 202 g/mol. The highest BCUT2D eigenvalue weighted by Crippen LogP contribution is 2.34. The van der Waals surface area contributed by atoms with Crippen molar-refractivity contribution in [3.63, 3.8) is 0 Å². The molecule has 2 atom stereocenters. The smallest absolute Gasteiger partial charge is 0.0618 e. The zero-order chi connectivity index (χ0) is 11.0. The Morgan fingerprint density at radius 3 is 2.14 bits per heavy atom. The fourth-order valence-corrected chi connectivity index (χ4v) is 2.08. The van der Waals surface area contributed by atoms with Gasteiger partial charge >= 0.3 is 0 Å². The molecule has 0 aliphatic heterocycles. The monoisotopic (exact) mass is 202 g/mol. The normalized spacial score (nSPS) is 17.8. The van der Waals surface area contributed by atoms with E-state index in [0.29, 0.717) is 0 Å². The molecule has 2 heteroatoms. The molecule has 0 rings (SSSR count). The van der Waals surface area contributed by atoms with Crippen LogP contribution in [-0.4, -0.2) is 22.9 Å². The maximum absolute atomic E-state index is 10.1. The predicted octanol–water partition coefficient (Wildman–Crippen LogP) is 2.73. The molecular weight excluding hydrogens is 176 g/mol. The molecular formula is C12H26O2. The van der Waals surface area contributed by atoms with Gasteiger partial charge in [-0.25, -0.2) is 0 Å². The van der Waals surface area contributed by atoms with Gasteiger partial charge in [0.25, 0.3) is 0 Å². The Hall–Kier alpha value is -0.0800. The predicted molar refractivity (Wildman–Crippen MR) is 60.2 cm³/mol. The molecule has 0 fully saturated rings. The molecule has 2 unspecified atom stereocenters. The Bertz CT molecular complexity index is 130. The van der Waals surface area contributed by atoms with Crippen LogP contribution in [0.25, 0.3) is 0 Å². The lowest BCUT2D eigenvalue weighted by Gasteiger charge is -2.35. The molecule has 2 nitrogen and oxygen atoms in total. The Kier molecular flexibility index (Phi) is 7.20. The second-order valence-electron chi connectivity index (χ2n) is 4.28. The van der Waals surface area contributed by atoms with Crippen LogP contribution in [0.4, 0.5) is 0 Å². The Morgan fingerprint density at radius 2 is 1.79 bits per heavy atom. The molecule has 0 aromatic rings. The van der Waals surface area contributed by atoms with Crippen LogP contribution in [0, 0.1) is 5.41 Å². The Balaban J connectivity index is 4.28. The van der Waals surface area contributed by atoms with Crippen molar-refractivity contribution in [2.45, 2.75) is 65.4 Å². The van der Waals surface area contributed by atoms with E-state index in [9.17, 15) is 10.2 Å². The molecule has 14 heavy (non-hydrogen) atoms. The van der Waals surface area contributed by atoms with Gasteiger partial charge in [-0.1, -0.05) is 40.0 Å². The molecule has 0 aromatic carbocycles. The third-order valence-electron chi connectivity index (χ3n) is 3.30. The van der Waals surface area contributed by atoms with E-state index in [0.717, 1.165) is 38.5 Å². The highest BCUT2D eigenvalue weighted by atomic mass is 16.3. The van der Waals surface area contributed by atoms with E-state index in [2.05, 4.69) is 20.8 Å². The first-order chi connectivity index (χ1) is 6.66. The van der Waals surface area contributed by atoms with E-state index in [-0.39, 0.29) is 18.1 Å². The van der Waals surface area contributed by atoms with Crippen molar-refractivity contribution in [3.8, 4) is 0 Å². The summed E-state index contributed by atoms with van der Waals surface area (Å²) in [6.45, 7) is 6.40. The molecule has 0 aliphatic carbocycles. The molecule has 0 aliphatic rings. The van der Waals surface area contributed by atoms with E-state index in [4.69, 9.17) is 0 Å². The van der Waals surface area contributed by atoms with Gasteiger partial charge in [-0.3, -0.25) is 0 Å². The topological polar surface area (TPSA) is 40.5 Å². The van der Waals surface area contributed by atoms with Gasteiger partial charge in [0.1, 0.15) is 0 Å². The number of rotatable bonds is 8. The maximum atomic E-state index is 10.1. The summed E-state index contributed by atoms with van der Waals surface area (Å²) >= 11 is 0. The zero-order valence-corrected chi connectivity index (χ0v) is 9.92. The van der Waals surface area contributed by atoms with E-state index >= 15 is 0 Å². The van der Waals surface area contributed by atoms with E-state index < -0.39 is 0 Å². The van der Waals surface area contributed by atoms with E-state index in [1.807, 2.05) is 0 Å². The van der Waals surface area contributed by atoms with Crippen molar-refractivity contribution in [1.29, 1.82) is 0 Å². The quantitative estimate of drug-likeness (QED) is 0.635. The third-order valence-corrected chi connectivity index (χ3v) is 3.30. The first-order valence-corrected chi connectivity index (χ1v) is 5.95. The molecule has 0 amide bonds. The van der Waals surface area contributed by atoms with Crippen molar-refractivity contribution < 1.29 is 10.2 Å². The van der Waals surface area contributed by atoms with Gasteiger partial charge in [0.05, 0.1) is 12.7 Å². The highest BCUT2D eigenvalue weighted by Gasteiger charge is 2.34. The molecule has 0 bridgehead atoms. The van der Waals surface area contributed by atoms with Crippen LogP contribution >= 0.6 is 0 Å². The SMILES string of the molecule is CCCCC(O)C(CC)(CO)CCC. The summed E-state index contributed by atoms with van der Waals surface area (Å²) in [5, 5.41) is 19.5. The summed E-state index contributed by atoms with van der Waals surface area (Å²) in [6, 6.07) is 0. The van der Waals surface area contributed by atoms with Gasteiger partial charge in [0.15, 0.2) is 0 Å². The van der Waals surface area contributed by atoms with Crippen molar-refractivity contribution in [2.24, 2.45) is 5.41 Å². The largest absolute Gasteiger partial charge is 0.396 e. The Labute approximate surface area is 88.3 Å². The molecule has 86 valence electrons. The van der Waals surface area contributed by atoms with Crippen LogP contribution in [0.15, 0.2) is 0 Å². The highest BCUT2D eigenvalue weighted by molar-refractivity contribution is 4.84. The van der Waals surface area contributed by atoms with Crippen LogP contribution in [-0.2, 0) is 0 Å². The molecule has 0 spiro atoms. The van der Waals surface area contributed by atoms with Crippen LogP contribution in [0.5, 0.6) is 0 Å². The molecule has 0 saturated carbocycles. The average Bonchev–Trinajstić information content (AvgIpc) is 2.22. The third kappa shape index (κ3) is 3.58. The number of aliphatic hydroxyl groups excluding tert-OH is 2. The van der Waals surface area contributed by atoms with E-state index in [1.54, 1.807) is 0 Å². The lowest BCUT2D eigenvalue weighted by molar-refractivity contribution is -0.0325. The van der Waals surface area contributed by atoms with Crippen LogP contribution < -0.4 is 0 Å². The number of aliphatic hydroxyl groups is 2. The minimum atomic E-state index is -0.336. The van der Waals surface area contributed by atoms with Crippen molar-refractivity contribution in [1.82, 2.24) is 0 Å². The van der Waals surface area contributed by atoms with Crippen LogP contribution in [0.1, 0.15) is 59.3 Å². The van der Waals surface area contributed by atoms with Gasteiger partial charge in [-0.05, 0) is 19.3 Å². The minimum Gasteiger partial charge on any atom is -0.396 e. The van der Waals surface area contributed by atoms with Gasteiger partial charge in [0.2, 0.25) is 0 Å². The lowest BCUT2D eigenvalue weighted by atomic mass is 9.75. The van der Waals surface area contributed by atoms with Gasteiger partial charge in [-0.2, -0.15) is 0 Å². The van der Waals surface area contributed by atoms with E-state index in [1.165, 1.54) is 0 Å². The standard InChI is InChI=1S/C12H26O2/c1-4-7-8-11(14)12(6-3,10-13)9-5-2/h11,13-14H,4-10H2,1-3H3. The van der Waals surface area contributed by atoms with Gasteiger partial charge < -0.3 is 10.2 Å². The zero-order valence-electron chi connectivity index (χ0n) is 9.92. The molecule has 0 radical (unpaired) electrons. The Morgan fingerprint density at radius 1 is 1.14 bits per heavy atom. The summed E-state index contributed by atoms with van der Waals surface area (Å²) in [5.74, 6) is 0. The molecule has 2 N–H and O–H groups in total. The van der Waals surface area contributed by atoms with Crippen molar-refractivity contribution in [2.75, 3.05) is 6.61 Å². The second kappa shape index (κ2) is 7.24. The first kappa shape index (κ1) is 13.9. The first-order valence-electron chi connectivity index (χ1n) is 5.95. The summed E-state index contributed by atoms with van der Waals surface area (Å²) in [5.41, 5.74) is -0.246. The number of unbranched alkanes of at least 4 members (excludes halogenated alkanes) is 1. The molecule has 0 aromatic heterocycles. The van der Waals surface area contributed by atoms with Crippen molar-refractivity contribution >= 4 is 0 Å². The fourth-order valence-electron chi connectivity index (χ4n) is 2.08. The number of hydrogen-bond acceptors (Lipinski definition) is 2. The number of hydrogen-bond donors (Lipinski definition) is 2. The summed E-state index contributed by atoms with van der Waals surface area (Å²) < 4.78 is 0. The van der Waals surface area contributed by atoms with Gasteiger partial charge in [0, 0.05) is 5.41 Å². The second-order valence-corrected chi connectivity index (χ2v) is 4.28. The van der Waals surface area contributed by atoms with Crippen LogP contribution in [0.2, 0.25) is 0 Å². The summed E-state index contributed by atoms with van der Waals surface area (Å²) in [7, 11) is 0. The summed E-state index contributed by atoms with van der Waals surface area (Å²) in [6.07, 6.45) is 5.45.